The Morgan fingerprint density at radius 2 is 2.05 bits per heavy atom. The average Bonchev–Trinajstić information content (AvgIpc) is 3.65. The third kappa shape index (κ3) is 5.58. The van der Waals surface area contributed by atoms with Gasteiger partial charge in [0.05, 0.1) is 12.9 Å². The summed E-state index contributed by atoms with van der Waals surface area (Å²) in [4.78, 5) is 17.0. The van der Waals surface area contributed by atoms with Crippen LogP contribution in [0.5, 0.6) is 0 Å². The van der Waals surface area contributed by atoms with E-state index in [1.54, 1.807) is 29.0 Å². The molecular weight excluding hydrogens is 518 g/mol. The molecule has 214 valence electrons. The highest BCUT2D eigenvalue weighted by Crippen LogP contribution is 2.43. The van der Waals surface area contributed by atoms with Gasteiger partial charge >= 0.3 is 0 Å². The second kappa shape index (κ2) is 11.0. The molecule has 0 radical (unpaired) electrons. The summed E-state index contributed by atoms with van der Waals surface area (Å²) < 4.78 is 29.7. The fraction of sp³-hybridized carbons (Fsp3) is 0.412. The number of fused-ring (bicyclic) bond motifs is 1. The molecule has 1 atom stereocenters. The van der Waals surface area contributed by atoms with Crippen molar-refractivity contribution in [3.63, 3.8) is 0 Å². The molecule has 0 saturated heterocycles. The van der Waals surface area contributed by atoms with Crippen LogP contribution in [0.1, 0.15) is 86.9 Å². The zero-order chi connectivity index (χ0) is 28.7. The predicted molar refractivity (Wildman–Crippen MR) is 162 cm³/mol. The SMILES string of the molecule is C.C#CC#CC[C@@H](c1cccc(N2Cc3c(cc(CNC4(C)CCC4)cc3C(C)(F)F)C2=O)c1)C1(N(C)C=N)C#C1.[HH]. The van der Waals surface area contributed by atoms with Crippen LogP contribution in [0.25, 0.3) is 0 Å². The predicted octanol–water partition coefficient (Wildman–Crippen LogP) is 6.28. The third-order valence-corrected chi connectivity index (χ3v) is 8.44. The van der Waals surface area contributed by atoms with Crippen LogP contribution >= 0.6 is 0 Å². The van der Waals surface area contributed by atoms with E-state index in [0.29, 0.717) is 35.3 Å². The molecule has 0 aromatic heterocycles. The Hall–Kier alpha value is -4.12. The summed E-state index contributed by atoms with van der Waals surface area (Å²) in [7, 11) is 1.77. The minimum Gasteiger partial charge on any atom is -0.339 e. The molecule has 7 heteroatoms. The van der Waals surface area contributed by atoms with Crippen LogP contribution in [-0.4, -0.2) is 35.3 Å². The standard InChI is InChI=1S/C33H32F2N4O.CH4.H2/c1-5-6-7-12-28(33(15-16-33)38(4)22-36)24-10-8-11-25(19-24)39-21-27-26(30(39)40)17-23(18-29(27)32(3,34)35)20-37-31(2)13-9-14-31;;/h1,8,10-11,17-19,22,28,36-37H,9,12-14,20-21H2,2-4H3;1H4;1H/t28-;;/m0../s1. The van der Waals surface area contributed by atoms with Gasteiger partial charge in [-0.1, -0.05) is 37.3 Å². The van der Waals surface area contributed by atoms with Crippen molar-refractivity contribution < 1.29 is 15.0 Å². The summed E-state index contributed by atoms with van der Waals surface area (Å²) in [6, 6.07) is 10.8. The molecule has 5 nitrogen and oxygen atoms in total. The van der Waals surface area contributed by atoms with Gasteiger partial charge in [0.15, 0.2) is 5.54 Å². The normalized spacial score (nSPS) is 17.8. The zero-order valence-corrected chi connectivity index (χ0v) is 23.0. The highest BCUT2D eigenvalue weighted by atomic mass is 19.3. The minimum absolute atomic E-state index is 0. The van der Waals surface area contributed by atoms with Gasteiger partial charge in [-0.2, -0.15) is 0 Å². The Balaban J connectivity index is 0.00000242. The van der Waals surface area contributed by atoms with Crippen LogP contribution in [0.2, 0.25) is 0 Å². The van der Waals surface area contributed by atoms with Crippen molar-refractivity contribution in [2.75, 3.05) is 11.9 Å². The van der Waals surface area contributed by atoms with Crippen LogP contribution in [0.15, 0.2) is 36.4 Å². The van der Waals surface area contributed by atoms with Crippen molar-refractivity contribution in [1.82, 2.24) is 10.2 Å². The Morgan fingerprint density at radius 1 is 1.32 bits per heavy atom. The van der Waals surface area contributed by atoms with Crippen molar-refractivity contribution >= 4 is 17.9 Å². The van der Waals surface area contributed by atoms with E-state index >= 15 is 0 Å². The second-order valence-electron chi connectivity index (χ2n) is 11.3. The van der Waals surface area contributed by atoms with E-state index in [9.17, 15) is 13.6 Å². The molecular formula is C34H38F2N4O. The summed E-state index contributed by atoms with van der Waals surface area (Å²) >= 11 is 0. The van der Waals surface area contributed by atoms with Crippen molar-refractivity contribution in [1.29, 1.82) is 5.41 Å². The number of nitrogens with zero attached hydrogens (tertiary/aromatic N) is 2. The Labute approximate surface area is 243 Å². The molecule has 0 spiro atoms. The number of hydrogen-bond acceptors (Lipinski definition) is 3. The molecule has 3 aliphatic rings. The topological polar surface area (TPSA) is 59.4 Å². The fourth-order valence-corrected chi connectivity index (χ4v) is 5.75. The van der Waals surface area contributed by atoms with Crippen molar-refractivity contribution in [3.8, 4) is 36.0 Å². The Kier molecular flexibility index (Phi) is 8.04. The van der Waals surface area contributed by atoms with Gasteiger partial charge in [-0.15, -0.1) is 6.42 Å². The molecule has 41 heavy (non-hydrogen) atoms. The lowest BCUT2D eigenvalue weighted by atomic mass is 9.78. The second-order valence-corrected chi connectivity index (χ2v) is 11.3. The van der Waals surface area contributed by atoms with Crippen LogP contribution in [0, 0.1) is 41.4 Å². The number of hydrogen-bond donors (Lipinski definition) is 2. The monoisotopic (exact) mass is 556 g/mol. The van der Waals surface area contributed by atoms with Gasteiger partial charge in [-0.3, -0.25) is 10.2 Å². The zero-order valence-electron chi connectivity index (χ0n) is 23.0. The van der Waals surface area contributed by atoms with E-state index < -0.39 is 11.5 Å². The van der Waals surface area contributed by atoms with E-state index in [4.69, 9.17) is 11.8 Å². The number of benzene rings is 2. The average molecular weight is 557 g/mol. The van der Waals surface area contributed by atoms with Gasteiger partial charge in [0.25, 0.3) is 11.8 Å². The van der Waals surface area contributed by atoms with Crippen molar-refractivity contribution in [2.24, 2.45) is 0 Å². The number of anilines is 1. The molecule has 0 bridgehead atoms. The first-order chi connectivity index (χ1) is 19.0. The van der Waals surface area contributed by atoms with Crippen LogP contribution in [0.4, 0.5) is 14.5 Å². The van der Waals surface area contributed by atoms with E-state index in [2.05, 4.69) is 41.8 Å². The van der Waals surface area contributed by atoms with E-state index in [1.165, 1.54) is 6.34 Å². The number of rotatable bonds is 10. The van der Waals surface area contributed by atoms with E-state index in [1.807, 2.05) is 24.3 Å². The lowest BCUT2D eigenvalue weighted by molar-refractivity contribution is 0.0165. The molecule has 1 fully saturated rings. The quantitative estimate of drug-likeness (QED) is 0.206. The lowest BCUT2D eigenvalue weighted by Crippen LogP contribution is -2.47. The number of halogens is 2. The summed E-state index contributed by atoms with van der Waals surface area (Å²) in [6.07, 6.45) is 10.2. The molecule has 1 aliphatic heterocycles. The number of alkyl halides is 2. The lowest BCUT2D eigenvalue weighted by Gasteiger charge is -2.39. The fourth-order valence-electron chi connectivity index (χ4n) is 5.75. The number of carbonyl (C=O) groups is 1. The maximum Gasteiger partial charge on any atom is 0.270 e. The number of nitrogens with one attached hydrogen (secondary N) is 2. The molecule has 2 aliphatic carbocycles. The number of likely N-dealkylation sites (N-methyl/N-ethyl adjacent to an activating group) is 1. The molecule has 1 heterocycles. The Bertz CT molecular complexity index is 1540. The molecule has 2 aromatic rings. The van der Waals surface area contributed by atoms with Crippen molar-refractivity contribution in [2.45, 2.75) is 83.0 Å². The Morgan fingerprint density at radius 3 is 2.63 bits per heavy atom. The maximum absolute atomic E-state index is 14.8. The number of carbonyl (C=O) groups excluding carboxylic acids is 1. The number of amides is 1. The molecule has 2 aromatic carbocycles. The smallest absolute Gasteiger partial charge is 0.270 e. The van der Waals surface area contributed by atoms with Gasteiger partial charge < -0.3 is 15.1 Å². The highest BCUT2D eigenvalue weighted by Gasteiger charge is 2.47. The molecule has 1 saturated carbocycles. The van der Waals surface area contributed by atoms with Gasteiger partial charge in [-0.25, -0.2) is 8.78 Å². The van der Waals surface area contributed by atoms with Gasteiger partial charge in [-0.05, 0) is 79.0 Å². The maximum atomic E-state index is 14.8. The summed E-state index contributed by atoms with van der Waals surface area (Å²) in [5.41, 5.74) is 2.01. The first kappa shape index (κ1) is 29.9. The largest absolute Gasteiger partial charge is 0.339 e. The first-order valence-electron chi connectivity index (χ1n) is 13.4. The van der Waals surface area contributed by atoms with Crippen molar-refractivity contribution in [3.05, 3.63) is 64.2 Å². The van der Waals surface area contributed by atoms with Gasteiger partial charge in [0.1, 0.15) is 0 Å². The molecule has 1 amide bonds. The van der Waals surface area contributed by atoms with E-state index in [0.717, 1.165) is 31.7 Å². The van der Waals surface area contributed by atoms with Gasteiger partial charge in [0, 0.05) is 56.6 Å². The number of terminal acetylenes is 1. The summed E-state index contributed by atoms with van der Waals surface area (Å²) in [5, 5.41) is 11.2. The summed E-state index contributed by atoms with van der Waals surface area (Å²) in [6.45, 7) is 3.52. The van der Waals surface area contributed by atoms with Crippen LogP contribution < -0.4 is 10.2 Å². The van der Waals surface area contributed by atoms with Crippen LogP contribution in [-0.2, 0) is 19.0 Å². The summed E-state index contributed by atoms with van der Waals surface area (Å²) in [5.74, 6) is 10.6. The van der Waals surface area contributed by atoms with E-state index in [-0.39, 0.29) is 38.3 Å². The molecule has 0 unspecified atom stereocenters. The minimum atomic E-state index is -3.09. The molecule has 5 rings (SSSR count). The van der Waals surface area contributed by atoms with Gasteiger partial charge in [0.2, 0.25) is 0 Å². The van der Waals surface area contributed by atoms with Crippen LogP contribution in [0.3, 0.4) is 0 Å². The molecule has 2 N–H and O–H groups in total. The highest BCUT2D eigenvalue weighted by molar-refractivity contribution is 6.10. The first-order valence-corrected chi connectivity index (χ1v) is 13.4. The third-order valence-electron chi connectivity index (χ3n) is 8.44.